The van der Waals surface area contributed by atoms with Gasteiger partial charge in [-0.25, -0.2) is 4.79 Å². The minimum atomic E-state index is -0.653. The van der Waals surface area contributed by atoms with Crippen molar-refractivity contribution in [3.8, 4) is 5.75 Å². The van der Waals surface area contributed by atoms with Gasteiger partial charge < -0.3 is 21.6 Å². The zero-order chi connectivity index (χ0) is 16.4. The Balaban J connectivity index is 0.00000208. The molecule has 3 aromatic rings. The number of hydrogen-bond acceptors (Lipinski definition) is 4. The van der Waals surface area contributed by atoms with Crippen LogP contribution in [0, 0.1) is 6.92 Å². The van der Waals surface area contributed by atoms with Crippen LogP contribution in [0.5, 0.6) is 5.75 Å². The highest BCUT2D eigenvalue weighted by molar-refractivity contribution is 5.98. The summed E-state index contributed by atoms with van der Waals surface area (Å²) in [5.74, 6) is 0.172. The number of para-hydroxylation sites is 1. The molecule has 0 fully saturated rings. The number of methoxy groups -OCH3 is 1. The maximum Gasteiger partial charge on any atom is 0.347 e. The fraction of sp³-hybridized carbons (Fsp3) is 0.167. The lowest BCUT2D eigenvalue weighted by molar-refractivity contribution is -0.683. The van der Waals surface area contributed by atoms with Crippen LogP contribution in [0.4, 0.5) is 0 Å². The van der Waals surface area contributed by atoms with Crippen LogP contribution in [-0.4, -0.2) is 12.9 Å². The number of nitrogens with zero attached hydrogens (tertiary/aromatic N) is 1. The average molecular weight is 346 g/mol. The molecule has 6 heteroatoms. The minimum Gasteiger partial charge on any atom is -1.00 e. The lowest BCUT2D eigenvalue weighted by atomic mass is 10.1. The van der Waals surface area contributed by atoms with E-state index in [1.54, 1.807) is 35.0 Å². The second-order valence-electron chi connectivity index (χ2n) is 5.30. The van der Waals surface area contributed by atoms with Gasteiger partial charge in [-0.15, -0.1) is 0 Å². The van der Waals surface area contributed by atoms with E-state index >= 15 is 0 Å². The summed E-state index contributed by atoms with van der Waals surface area (Å²) in [6.07, 6.45) is 3.64. The van der Waals surface area contributed by atoms with E-state index in [0.29, 0.717) is 16.7 Å². The number of pyridine rings is 1. The fourth-order valence-corrected chi connectivity index (χ4v) is 2.48. The molecule has 0 aliphatic carbocycles. The van der Waals surface area contributed by atoms with Crippen molar-refractivity contribution in [3.63, 3.8) is 0 Å². The number of Topliss-reactive ketones (excluding diaryl/α,β-unsaturated/α-hetero) is 1. The molecule has 3 rings (SSSR count). The Kier molecular flexibility index (Phi) is 5.36. The second kappa shape index (κ2) is 7.27. The Morgan fingerprint density at radius 1 is 1.25 bits per heavy atom. The van der Waals surface area contributed by atoms with Crippen LogP contribution in [0.15, 0.2) is 58.0 Å². The van der Waals surface area contributed by atoms with Crippen molar-refractivity contribution in [1.29, 1.82) is 0 Å². The summed E-state index contributed by atoms with van der Waals surface area (Å²) in [7, 11) is 1.50. The van der Waals surface area contributed by atoms with Crippen LogP contribution >= 0.6 is 0 Å². The number of benzene rings is 1. The van der Waals surface area contributed by atoms with Crippen LogP contribution < -0.4 is 27.3 Å². The number of rotatable bonds is 4. The molecule has 0 bridgehead atoms. The Labute approximate surface area is 144 Å². The number of carbonyl (C=O) groups excluding carboxylic acids is 1. The molecule has 2 heterocycles. The van der Waals surface area contributed by atoms with Gasteiger partial charge in [0.15, 0.2) is 23.7 Å². The first-order valence-corrected chi connectivity index (χ1v) is 7.18. The number of hydrogen-bond donors (Lipinski definition) is 0. The van der Waals surface area contributed by atoms with E-state index in [2.05, 4.69) is 0 Å². The molecule has 0 unspecified atom stereocenters. The van der Waals surface area contributed by atoms with Crippen LogP contribution in [0.3, 0.4) is 0 Å². The molecule has 24 heavy (non-hydrogen) atoms. The molecule has 0 aliphatic rings. The average Bonchev–Trinajstić information content (AvgIpc) is 2.53. The largest absolute Gasteiger partial charge is 1.00 e. The highest BCUT2D eigenvalue weighted by atomic mass is 35.5. The summed E-state index contributed by atoms with van der Waals surface area (Å²) in [6.45, 7) is 2.03. The number of halogens is 1. The van der Waals surface area contributed by atoms with E-state index in [0.717, 1.165) is 5.56 Å². The van der Waals surface area contributed by atoms with E-state index in [4.69, 9.17) is 9.15 Å². The van der Waals surface area contributed by atoms with E-state index in [9.17, 15) is 9.59 Å². The third-order valence-electron chi connectivity index (χ3n) is 3.58. The van der Waals surface area contributed by atoms with Gasteiger partial charge in [0, 0.05) is 17.0 Å². The summed E-state index contributed by atoms with van der Waals surface area (Å²) < 4.78 is 12.2. The highest BCUT2D eigenvalue weighted by Crippen LogP contribution is 2.24. The van der Waals surface area contributed by atoms with E-state index in [1.807, 2.05) is 25.3 Å². The van der Waals surface area contributed by atoms with Gasteiger partial charge in [0.05, 0.1) is 7.11 Å². The van der Waals surface area contributed by atoms with E-state index in [-0.39, 0.29) is 30.3 Å². The Morgan fingerprint density at radius 2 is 2.04 bits per heavy atom. The van der Waals surface area contributed by atoms with Gasteiger partial charge in [0.1, 0.15) is 5.56 Å². The Morgan fingerprint density at radius 3 is 2.75 bits per heavy atom. The predicted molar refractivity (Wildman–Crippen MR) is 84.7 cm³/mol. The van der Waals surface area contributed by atoms with Gasteiger partial charge in [-0.05, 0) is 25.1 Å². The summed E-state index contributed by atoms with van der Waals surface area (Å²) in [6, 6.07) is 10.6. The van der Waals surface area contributed by atoms with Crippen LogP contribution in [-0.2, 0) is 6.54 Å². The SMILES string of the molecule is COc1cccc2cc(C(=O)C[n+]3cccc(C)c3)c(=O)oc12.[Cl-]. The molecular formula is C18H16ClNO4. The number of ether oxygens (including phenoxy) is 1. The van der Waals surface area contributed by atoms with Crippen molar-refractivity contribution < 1.29 is 30.9 Å². The maximum atomic E-state index is 12.4. The van der Waals surface area contributed by atoms with Gasteiger partial charge in [0.2, 0.25) is 12.3 Å². The van der Waals surface area contributed by atoms with Crippen LogP contribution in [0.25, 0.3) is 11.0 Å². The third kappa shape index (κ3) is 3.46. The number of carbonyl (C=O) groups is 1. The molecule has 0 saturated heterocycles. The summed E-state index contributed by atoms with van der Waals surface area (Å²) in [5.41, 5.74) is 0.773. The van der Waals surface area contributed by atoms with Crippen LogP contribution in [0.2, 0.25) is 0 Å². The van der Waals surface area contributed by atoms with Gasteiger partial charge in [-0.1, -0.05) is 12.1 Å². The van der Waals surface area contributed by atoms with Gasteiger partial charge >= 0.3 is 5.63 Å². The molecular weight excluding hydrogens is 330 g/mol. The maximum absolute atomic E-state index is 12.4. The molecule has 0 spiro atoms. The highest BCUT2D eigenvalue weighted by Gasteiger charge is 2.19. The van der Waals surface area contributed by atoms with E-state index < -0.39 is 5.63 Å². The quantitative estimate of drug-likeness (QED) is 0.356. The fourth-order valence-electron chi connectivity index (χ4n) is 2.48. The summed E-state index contributed by atoms with van der Waals surface area (Å²) in [4.78, 5) is 24.6. The van der Waals surface area contributed by atoms with Crippen molar-refractivity contribution in [2.45, 2.75) is 13.5 Å². The Hall–Kier alpha value is -2.66. The van der Waals surface area contributed by atoms with E-state index in [1.165, 1.54) is 7.11 Å². The number of aromatic nitrogens is 1. The van der Waals surface area contributed by atoms with Crippen molar-refractivity contribution in [3.05, 3.63) is 70.3 Å². The number of fused-ring (bicyclic) bond motifs is 1. The second-order valence-corrected chi connectivity index (χ2v) is 5.30. The van der Waals surface area contributed by atoms with Gasteiger partial charge in [-0.2, -0.15) is 4.57 Å². The lowest BCUT2D eigenvalue weighted by Crippen LogP contribution is -3.00. The van der Waals surface area contributed by atoms with Gasteiger partial charge in [0.25, 0.3) is 0 Å². The number of aryl methyl sites for hydroxylation is 1. The summed E-state index contributed by atoms with van der Waals surface area (Å²) >= 11 is 0. The lowest BCUT2D eigenvalue weighted by Gasteiger charge is -2.04. The first-order valence-electron chi connectivity index (χ1n) is 7.18. The first kappa shape index (κ1) is 17.7. The number of ketones is 1. The molecule has 5 nitrogen and oxygen atoms in total. The zero-order valence-corrected chi connectivity index (χ0v) is 14.0. The molecule has 0 amide bonds. The normalized spacial score (nSPS) is 10.2. The molecule has 0 atom stereocenters. The molecule has 124 valence electrons. The Bertz CT molecular complexity index is 949. The van der Waals surface area contributed by atoms with Crippen molar-refractivity contribution in [2.75, 3.05) is 7.11 Å². The zero-order valence-electron chi connectivity index (χ0n) is 13.3. The molecule has 0 aliphatic heterocycles. The summed E-state index contributed by atoms with van der Waals surface area (Å²) in [5, 5.41) is 0.654. The molecule has 1 aromatic carbocycles. The van der Waals surface area contributed by atoms with Crippen molar-refractivity contribution in [2.24, 2.45) is 0 Å². The molecule has 2 aromatic heterocycles. The van der Waals surface area contributed by atoms with Crippen LogP contribution in [0.1, 0.15) is 15.9 Å². The topological polar surface area (TPSA) is 60.4 Å². The van der Waals surface area contributed by atoms with Crippen molar-refractivity contribution in [1.82, 2.24) is 0 Å². The third-order valence-corrected chi connectivity index (χ3v) is 3.58. The predicted octanol–water partition coefficient (Wildman–Crippen LogP) is -0.716. The smallest absolute Gasteiger partial charge is 0.347 e. The molecule has 0 N–H and O–H groups in total. The monoisotopic (exact) mass is 345 g/mol. The first-order chi connectivity index (χ1) is 11.1. The molecule has 0 saturated carbocycles. The molecule has 0 radical (unpaired) electrons. The standard InChI is InChI=1S/C18H16NO4.ClH/c1-12-5-4-8-19(10-12)11-15(20)14-9-13-6-3-7-16(22-2)17(13)23-18(14)21;/h3-10H,11H2,1-2H3;1H/q+1;/p-1. The minimum absolute atomic E-state index is 0. The van der Waals surface area contributed by atoms with Crippen molar-refractivity contribution >= 4 is 16.8 Å². The van der Waals surface area contributed by atoms with Gasteiger partial charge in [-0.3, -0.25) is 4.79 Å².